The van der Waals surface area contributed by atoms with Crippen LogP contribution < -0.4 is 0 Å². The van der Waals surface area contributed by atoms with Crippen LogP contribution in [0, 0.1) is 23.2 Å². The molecule has 3 fully saturated rings. The van der Waals surface area contributed by atoms with Crippen LogP contribution in [0.15, 0.2) is 35.5 Å². The molecule has 3 aliphatic rings. The summed E-state index contributed by atoms with van der Waals surface area (Å²) in [6, 6.07) is 0. The van der Waals surface area contributed by atoms with E-state index in [-0.39, 0.29) is 22.3 Å². The number of aliphatic hydroxyl groups excluding tert-OH is 1. The first-order valence-corrected chi connectivity index (χ1v) is 21.6. The SMILES string of the molecule is C=C1C(=C/C=C2\CCC[C@]3(C)[C@@H]([C@H](C)CO)CC[C@@H]23)CC(O[Si](C)(C)C(C)(C)C)C[C@@H]1O[Si](C)(C)C(C)(C)C. The molecule has 0 aromatic heterocycles. The van der Waals surface area contributed by atoms with Gasteiger partial charge in [-0.15, -0.1) is 0 Å². The summed E-state index contributed by atoms with van der Waals surface area (Å²) in [5.41, 5.74) is 4.43. The molecule has 0 spiro atoms. The Labute approximate surface area is 244 Å². The van der Waals surface area contributed by atoms with Gasteiger partial charge in [0, 0.05) is 13.0 Å². The molecular formula is C34H62O3Si2. The van der Waals surface area contributed by atoms with Gasteiger partial charge in [-0.3, -0.25) is 0 Å². The monoisotopic (exact) mass is 574 g/mol. The van der Waals surface area contributed by atoms with E-state index in [2.05, 4.69) is 100 Å². The second kappa shape index (κ2) is 11.7. The number of rotatable bonds is 7. The van der Waals surface area contributed by atoms with Crippen molar-refractivity contribution < 1.29 is 14.0 Å². The van der Waals surface area contributed by atoms with Gasteiger partial charge in [-0.1, -0.05) is 79.7 Å². The largest absolute Gasteiger partial charge is 0.413 e. The first-order valence-electron chi connectivity index (χ1n) is 15.8. The molecule has 0 aliphatic heterocycles. The molecular weight excluding hydrogens is 513 g/mol. The zero-order valence-electron chi connectivity index (χ0n) is 27.7. The molecule has 3 saturated carbocycles. The Morgan fingerprint density at radius 3 is 2.15 bits per heavy atom. The Bertz CT molecular complexity index is 948. The van der Waals surface area contributed by atoms with E-state index in [4.69, 9.17) is 8.85 Å². The van der Waals surface area contributed by atoms with Crippen LogP contribution in [0.5, 0.6) is 0 Å². The first-order chi connectivity index (χ1) is 17.7. The van der Waals surface area contributed by atoms with Crippen LogP contribution in [-0.4, -0.2) is 40.6 Å². The second-order valence-corrected chi connectivity index (χ2v) is 26.0. The second-order valence-electron chi connectivity index (χ2n) is 16.5. The fraction of sp³-hybridized carbons (Fsp3) is 0.824. The van der Waals surface area contributed by atoms with Gasteiger partial charge < -0.3 is 14.0 Å². The van der Waals surface area contributed by atoms with Crippen molar-refractivity contribution >= 4 is 16.6 Å². The smallest absolute Gasteiger partial charge is 0.192 e. The van der Waals surface area contributed by atoms with Crippen LogP contribution in [0.2, 0.25) is 36.3 Å². The average molecular weight is 575 g/mol. The number of aliphatic hydroxyl groups is 1. The van der Waals surface area contributed by atoms with Crippen LogP contribution in [0.4, 0.5) is 0 Å². The third-order valence-corrected chi connectivity index (χ3v) is 20.8. The Hall–Kier alpha value is -0.466. The molecule has 224 valence electrons. The van der Waals surface area contributed by atoms with Crippen molar-refractivity contribution in [3.8, 4) is 0 Å². The van der Waals surface area contributed by atoms with Crippen molar-refractivity contribution in [2.75, 3.05) is 6.61 Å². The lowest BCUT2D eigenvalue weighted by Gasteiger charge is -2.45. The lowest BCUT2D eigenvalue weighted by Crippen LogP contribution is -2.49. The Morgan fingerprint density at radius 2 is 1.59 bits per heavy atom. The summed E-state index contributed by atoms with van der Waals surface area (Å²) < 4.78 is 14.1. The maximum Gasteiger partial charge on any atom is 0.192 e. The number of hydrogen-bond acceptors (Lipinski definition) is 3. The zero-order chi connectivity index (χ0) is 29.6. The van der Waals surface area contributed by atoms with Crippen molar-refractivity contribution in [1.82, 2.24) is 0 Å². The van der Waals surface area contributed by atoms with E-state index in [0.717, 1.165) is 12.8 Å². The number of fused-ring (bicyclic) bond motifs is 1. The fourth-order valence-corrected chi connectivity index (χ4v) is 9.78. The molecule has 3 nitrogen and oxygen atoms in total. The van der Waals surface area contributed by atoms with Crippen molar-refractivity contribution in [3.63, 3.8) is 0 Å². The standard InChI is InChI=1S/C34H62O3Si2/c1-24(23-35)29-18-19-30-26(15-14-20-34(29,30)9)16-17-27-21-28(36-38(10,11)32(3,4)5)22-31(25(27)2)37-39(12,13)33(6,7)8/h16-17,24,28-31,35H,2,14-15,18-23H2,1,3-13H3/b26-16+,27-17?/t24-,28?,29-,30+,31+,34-/m1/s1. The fourth-order valence-electron chi connectivity index (χ4n) is 7.11. The highest BCUT2D eigenvalue weighted by molar-refractivity contribution is 6.74. The molecule has 5 heteroatoms. The molecule has 0 saturated heterocycles. The van der Waals surface area contributed by atoms with Crippen LogP contribution in [-0.2, 0) is 8.85 Å². The first kappa shape index (κ1) is 33.0. The van der Waals surface area contributed by atoms with Crippen molar-refractivity contribution in [2.24, 2.45) is 23.2 Å². The Morgan fingerprint density at radius 1 is 1.00 bits per heavy atom. The molecule has 6 atom stereocenters. The highest BCUT2D eigenvalue weighted by Crippen LogP contribution is 2.59. The van der Waals surface area contributed by atoms with Gasteiger partial charge in [0.05, 0.1) is 12.2 Å². The summed E-state index contributed by atoms with van der Waals surface area (Å²) in [6.07, 6.45) is 13.2. The molecule has 1 unspecified atom stereocenters. The van der Waals surface area contributed by atoms with Gasteiger partial charge in [0.15, 0.2) is 16.6 Å². The van der Waals surface area contributed by atoms with Gasteiger partial charge in [-0.2, -0.15) is 0 Å². The maximum absolute atomic E-state index is 9.93. The van der Waals surface area contributed by atoms with Gasteiger partial charge in [0.25, 0.3) is 0 Å². The molecule has 39 heavy (non-hydrogen) atoms. The zero-order valence-corrected chi connectivity index (χ0v) is 29.7. The molecule has 0 aromatic carbocycles. The Kier molecular flexibility index (Phi) is 9.88. The predicted octanol–water partition coefficient (Wildman–Crippen LogP) is 9.81. The molecule has 0 heterocycles. The molecule has 1 N–H and O–H groups in total. The molecule has 0 amide bonds. The third-order valence-electron chi connectivity index (χ3n) is 11.7. The van der Waals surface area contributed by atoms with Crippen LogP contribution in [0.25, 0.3) is 0 Å². The predicted molar refractivity (Wildman–Crippen MR) is 173 cm³/mol. The molecule has 0 bridgehead atoms. The molecule has 0 aromatic rings. The van der Waals surface area contributed by atoms with Crippen LogP contribution in [0.1, 0.15) is 100 Å². The van der Waals surface area contributed by atoms with Gasteiger partial charge >= 0.3 is 0 Å². The van der Waals surface area contributed by atoms with Crippen LogP contribution >= 0.6 is 0 Å². The van der Waals surface area contributed by atoms with E-state index in [9.17, 15) is 5.11 Å². The topological polar surface area (TPSA) is 38.7 Å². The summed E-state index contributed by atoms with van der Waals surface area (Å²) in [5.74, 6) is 1.65. The van der Waals surface area contributed by atoms with E-state index >= 15 is 0 Å². The average Bonchev–Trinajstić information content (AvgIpc) is 3.15. The summed E-state index contributed by atoms with van der Waals surface area (Å²) in [6.45, 7) is 33.1. The van der Waals surface area contributed by atoms with E-state index in [0.29, 0.717) is 29.8 Å². The third kappa shape index (κ3) is 6.96. The van der Waals surface area contributed by atoms with Gasteiger partial charge in [-0.25, -0.2) is 0 Å². The molecule has 0 radical (unpaired) electrons. The molecule has 3 rings (SSSR count). The summed E-state index contributed by atoms with van der Waals surface area (Å²) >= 11 is 0. The summed E-state index contributed by atoms with van der Waals surface area (Å²) in [5, 5.41) is 10.3. The van der Waals surface area contributed by atoms with Crippen molar-refractivity contribution in [2.45, 2.75) is 149 Å². The quantitative estimate of drug-likeness (QED) is 0.308. The van der Waals surface area contributed by atoms with E-state index in [1.165, 1.54) is 43.3 Å². The van der Waals surface area contributed by atoms with E-state index < -0.39 is 16.6 Å². The highest BCUT2D eigenvalue weighted by Gasteiger charge is 2.50. The highest BCUT2D eigenvalue weighted by atomic mass is 28.4. The number of allylic oxidation sites excluding steroid dienone is 3. The summed E-state index contributed by atoms with van der Waals surface area (Å²) in [7, 11) is -3.87. The van der Waals surface area contributed by atoms with E-state index in [1.54, 1.807) is 5.57 Å². The minimum absolute atomic E-state index is 0.0250. The van der Waals surface area contributed by atoms with Gasteiger partial charge in [0.2, 0.25) is 0 Å². The van der Waals surface area contributed by atoms with E-state index in [1.807, 2.05) is 0 Å². The minimum atomic E-state index is -1.96. The van der Waals surface area contributed by atoms with Gasteiger partial charge in [0.1, 0.15) is 0 Å². The summed E-state index contributed by atoms with van der Waals surface area (Å²) in [4.78, 5) is 0. The van der Waals surface area contributed by atoms with Crippen molar-refractivity contribution in [1.29, 1.82) is 0 Å². The Balaban J connectivity index is 1.93. The number of hydrogen-bond donors (Lipinski definition) is 1. The minimum Gasteiger partial charge on any atom is -0.413 e. The maximum atomic E-state index is 9.93. The lowest BCUT2D eigenvalue weighted by molar-refractivity contribution is 0.0690. The lowest BCUT2D eigenvalue weighted by atomic mass is 9.61. The molecule has 3 aliphatic carbocycles. The van der Waals surface area contributed by atoms with Crippen LogP contribution in [0.3, 0.4) is 0 Å². The van der Waals surface area contributed by atoms with Gasteiger partial charge in [-0.05, 0) is 109 Å². The van der Waals surface area contributed by atoms with Crippen molar-refractivity contribution in [3.05, 3.63) is 35.5 Å². The normalized spacial score (nSPS) is 34.0.